The Morgan fingerprint density at radius 2 is 1.58 bits per heavy atom. The molecule has 0 saturated carbocycles. The predicted molar refractivity (Wildman–Crippen MR) is 106 cm³/mol. The van der Waals surface area contributed by atoms with E-state index >= 15 is 0 Å². The molecule has 1 aliphatic rings. The van der Waals surface area contributed by atoms with Gasteiger partial charge in [0, 0.05) is 0 Å². The van der Waals surface area contributed by atoms with Crippen molar-refractivity contribution in [3.05, 3.63) is 0 Å². The topological polar surface area (TPSA) is 29.5 Å². The number of carbonyl (C=O) groups excluding carboxylic acids is 1. The fourth-order valence-corrected chi connectivity index (χ4v) is 4.18. The Hall–Kier alpha value is -0.220. The lowest BCUT2D eigenvalue weighted by Gasteiger charge is -2.35. The maximum Gasteiger partial charge on any atom is 0.313 e. The molecular weight excluding hydrogens is 318 g/mol. The summed E-state index contributed by atoms with van der Waals surface area (Å²) >= 11 is 2.00. The summed E-state index contributed by atoms with van der Waals surface area (Å²) in [6.45, 7) is 3.42. The lowest BCUT2D eigenvalue weighted by Crippen LogP contribution is -2.45. The Balaban J connectivity index is 1.95. The summed E-state index contributed by atoms with van der Waals surface area (Å²) in [7, 11) is 4.24. The molecule has 0 amide bonds. The van der Waals surface area contributed by atoms with Crippen molar-refractivity contribution in [2.45, 2.75) is 83.7 Å². The highest BCUT2D eigenvalue weighted by molar-refractivity contribution is 7.99. The van der Waals surface area contributed by atoms with Crippen LogP contribution >= 0.6 is 11.8 Å². The minimum atomic E-state index is 0.0561. The maximum atomic E-state index is 11.7. The predicted octanol–water partition coefficient (Wildman–Crippen LogP) is 5.13. The van der Waals surface area contributed by atoms with Gasteiger partial charge in [-0.25, -0.2) is 0 Å². The molecule has 2 atom stereocenters. The van der Waals surface area contributed by atoms with Gasteiger partial charge in [-0.05, 0) is 51.4 Å². The molecule has 1 rings (SSSR count). The van der Waals surface area contributed by atoms with Gasteiger partial charge >= 0.3 is 5.97 Å². The van der Waals surface area contributed by atoms with E-state index in [9.17, 15) is 4.79 Å². The van der Waals surface area contributed by atoms with Crippen molar-refractivity contribution in [3.63, 3.8) is 0 Å². The molecule has 0 bridgehead atoms. The summed E-state index contributed by atoms with van der Waals surface area (Å²) in [6, 6.07) is 0. The lowest BCUT2D eigenvalue weighted by atomic mass is 9.89. The van der Waals surface area contributed by atoms with Gasteiger partial charge in [0.1, 0.15) is 6.10 Å². The van der Waals surface area contributed by atoms with Crippen LogP contribution in [0.4, 0.5) is 0 Å². The van der Waals surface area contributed by atoms with Crippen LogP contribution in [-0.2, 0) is 9.53 Å². The number of nitrogens with zero attached hydrogens (tertiary/aromatic N) is 1. The number of ether oxygens (including phenoxy) is 1. The molecule has 0 radical (unpaired) electrons. The quantitative estimate of drug-likeness (QED) is 0.283. The van der Waals surface area contributed by atoms with Gasteiger partial charge in [-0.3, -0.25) is 4.79 Å². The van der Waals surface area contributed by atoms with Crippen molar-refractivity contribution in [1.29, 1.82) is 0 Å². The molecule has 1 fully saturated rings. The van der Waals surface area contributed by atoms with Crippen molar-refractivity contribution >= 4 is 17.7 Å². The molecule has 142 valence electrons. The van der Waals surface area contributed by atoms with Crippen LogP contribution in [-0.4, -0.2) is 49.1 Å². The van der Waals surface area contributed by atoms with E-state index in [1.807, 2.05) is 11.8 Å². The number of hydrogen-bond acceptors (Lipinski definition) is 4. The first-order chi connectivity index (χ1) is 11.6. The van der Waals surface area contributed by atoms with Crippen LogP contribution in [0.3, 0.4) is 0 Å². The van der Waals surface area contributed by atoms with Crippen molar-refractivity contribution < 1.29 is 9.53 Å². The zero-order valence-electron chi connectivity index (χ0n) is 16.2. The van der Waals surface area contributed by atoms with Gasteiger partial charge in [-0.2, -0.15) is 11.8 Å². The van der Waals surface area contributed by atoms with Crippen LogP contribution in [0.5, 0.6) is 0 Å². The lowest BCUT2D eigenvalue weighted by molar-refractivity contribution is -0.185. The van der Waals surface area contributed by atoms with E-state index in [0.29, 0.717) is 0 Å². The molecule has 3 nitrogen and oxygen atoms in total. The van der Waals surface area contributed by atoms with Crippen LogP contribution in [0, 0.1) is 5.92 Å². The van der Waals surface area contributed by atoms with Gasteiger partial charge in [0.2, 0.25) is 0 Å². The van der Waals surface area contributed by atoms with Crippen molar-refractivity contribution in [2.75, 3.05) is 32.1 Å². The van der Waals surface area contributed by atoms with E-state index in [1.54, 1.807) is 0 Å². The third-order valence-corrected chi connectivity index (χ3v) is 5.93. The zero-order chi connectivity index (χ0) is 17.6. The van der Waals surface area contributed by atoms with Gasteiger partial charge in [-0.1, -0.05) is 58.3 Å². The molecule has 1 saturated heterocycles. The molecule has 4 heteroatoms. The Kier molecular flexibility index (Phi) is 12.7. The van der Waals surface area contributed by atoms with Gasteiger partial charge in [-0.15, -0.1) is 0 Å². The zero-order valence-corrected chi connectivity index (χ0v) is 17.0. The minimum absolute atomic E-state index is 0.0561. The Morgan fingerprint density at radius 1 is 0.917 bits per heavy atom. The Labute approximate surface area is 154 Å². The summed E-state index contributed by atoms with van der Waals surface area (Å²) < 4.78 is 5.36. The van der Waals surface area contributed by atoms with E-state index in [-0.39, 0.29) is 18.0 Å². The fraction of sp³-hybridized carbons (Fsp3) is 0.950. The molecule has 1 aliphatic heterocycles. The molecule has 0 spiro atoms. The SMILES string of the molecule is CCCCCCCCCC[C@@H]1C(=O)O[C@H]1CCSCCCN(C)C. The molecule has 0 aliphatic carbocycles. The van der Waals surface area contributed by atoms with E-state index in [0.717, 1.165) is 25.1 Å². The number of thioether (sulfide) groups is 1. The number of rotatable bonds is 16. The van der Waals surface area contributed by atoms with E-state index in [2.05, 4.69) is 25.9 Å². The smallest absolute Gasteiger partial charge is 0.313 e. The highest BCUT2D eigenvalue weighted by Gasteiger charge is 2.40. The normalized spacial score (nSPS) is 20.2. The molecule has 0 N–H and O–H groups in total. The van der Waals surface area contributed by atoms with E-state index in [4.69, 9.17) is 4.74 Å². The number of hydrogen-bond donors (Lipinski definition) is 0. The summed E-state index contributed by atoms with van der Waals surface area (Å²) in [5.41, 5.74) is 0. The molecule has 0 aromatic heterocycles. The molecule has 0 aromatic rings. The first-order valence-corrected chi connectivity index (χ1v) is 11.2. The second-order valence-corrected chi connectivity index (χ2v) is 8.63. The number of esters is 1. The van der Waals surface area contributed by atoms with Crippen molar-refractivity contribution in [1.82, 2.24) is 4.90 Å². The Morgan fingerprint density at radius 3 is 2.21 bits per heavy atom. The van der Waals surface area contributed by atoms with Crippen LogP contribution in [0.15, 0.2) is 0 Å². The van der Waals surface area contributed by atoms with E-state index < -0.39 is 0 Å². The van der Waals surface area contributed by atoms with Crippen LogP contribution in [0.2, 0.25) is 0 Å². The average molecular weight is 358 g/mol. The summed E-state index contributed by atoms with van der Waals surface area (Å²) in [5, 5.41) is 0. The largest absolute Gasteiger partial charge is 0.461 e. The Bertz CT molecular complexity index is 323. The molecular formula is C20H39NO2S. The standard InChI is InChI=1S/C20H39NO2S/c1-4-5-6-7-8-9-10-11-13-18-19(23-20(18)22)14-17-24-16-12-15-21(2)3/h18-19H,4-17H2,1-3H3/t18-,19-/m0/s1. The average Bonchev–Trinajstić information content (AvgIpc) is 2.55. The molecule has 1 heterocycles. The monoisotopic (exact) mass is 357 g/mol. The van der Waals surface area contributed by atoms with Gasteiger partial charge in [0.15, 0.2) is 0 Å². The number of unbranched alkanes of at least 4 members (excludes halogenated alkanes) is 7. The van der Waals surface area contributed by atoms with Gasteiger partial charge in [0.25, 0.3) is 0 Å². The third-order valence-electron chi connectivity index (χ3n) is 4.83. The highest BCUT2D eigenvalue weighted by Crippen LogP contribution is 2.31. The second-order valence-electron chi connectivity index (χ2n) is 7.40. The van der Waals surface area contributed by atoms with Crippen LogP contribution in [0.25, 0.3) is 0 Å². The first kappa shape index (κ1) is 21.8. The van der Waals surface area contributed by atoms with E-state index in [1.165, 1.54) is 63.5 Å². The van der Waals surface area contributed by atoms with Gasteiger partial charge in [0.05, 0.1) is 5.92 Å². The summed E-state index contributed by atoms with van der Waals surface area (Å²) in [5.74, 6) is 2.59. The minimum Gasteiger partial charge on any atom is -0.461 e. The summed E-state index contributed by atoms with van der Waals surface area (Å²) in [6.07, 6.45) is 14.2. The molecule has 0 unspecified atom stereocenters. The molecule has 0 aromatic carbocycles. The van der Waals surface area contributed by atoms with Gasteiger partial charge < -0.3 is 9.64 Å². The second kappa shape index (κ2) is 14.0. The van der Waals surface area contributed by atoms with Crippen LogP contribution < -0.4 is 0 Å². The molecule has 24 heavy (non-hydrogen) atoms. The van der Waals surface area contributed by atoms with Crippen LogP contribution in [0.1, 0.15) is 77.6 Å². The fourth-order valence-electron chi connectivity index (χ4n) is 3.24. The third kappa shape index (κ3) is 9.93. The summed E-state index contributed by atoms with van der Waals surface area (Å²) in [4.78, 5) is 13.9. The number of cyclic esters (lactones) is 1. The maximum absolute atomic E-state index is 11.7. The highest BCUT2D eigenvalue weighted by atomic mass is 32.2. The van der Waals surface area contributed by atoms with Crippen molar-refractivity contribution in [3.8, 4) is 0 Å². The van der Waals surface area contributed by atoms with Crippen molar-refractivity contribution in [2.24, 2.45) is 5.92 Å². The number of carbonyl (C=O) groups is 1. The first-order valence-electron chi connectivity index (χ1n) is 10.1.